The van der Waals surface area contributed by atoms with Crippen LogP contribution in [0.15, 0.2) is 29.3 Å². The third kappa shape index (κ3) is 6.74. The van der Waals surface area contributed by atoms with E-state index in [0.717, 1.165) is 6.07 Å². The predicted octanol–water partition coefficient (Wildman–Crippen LogP) is 1.81. The number of nitrogens with two attached hydrogens (primary N) is 2. The molecule has 0 bridgehead atoms. The fourth-order valence-corrected chi connectivity index (χ4v) is 3.70. The number of alkyl halides is 3. The third-order valence-corrected chi connectivity index (χ3v) is 5.37. The number of halogens is 3. The zero-order chi connectivity index (χ0) is 28.2. The molecule has 1 atom stereocenters. The van der Waals surface area contributed by atoms with E-state index >= 15 is 0 Å². The number of aliphatic imine (C=N–C) groups is 1. The van der Waals surface area contributed by atoms with E-state index < -0.39 is 60.1 Å². The average Bonchev–Trinajstić information content (AvgIpc) is 3.27. The van der Waals surface area contributed by atoms with Crippen LogP contribution in [-0.4, -0.2) is 47.3 Å². The summed E-state index contributed by atoms with van der Waals surface area (Å²) < 4.78 is 50.5. The van der Waals surface area contributed by atoms with Gasteiger partial charge in [-0.2, -0.15) is 13.2 Å². The molecule has 1 unspecified atom stereocenters. The molecule has 0 spiro atoms. The summed E-state index contributed by atoms with van der Waals surface area (Å²) in [6.07, 6.45) is -5.35. The van der Waals surface area contributed by atoms with Crippen LogP contribution in [0.1, 0.15) is 45.9 Å². The van der Waals surface area contributed by atoms with E-state index in [2.05, 4.69) is 15.6 Å². The second-order valence-corrected chi connectivity index (χ2v) is 8.23. The molecule has 0 aliphatic carbocycles. The molecular weight excluding hydrogens is 515 g/mol. The molecule has 2 aromatic rings. The van der Waals surface area contributed by atoms with Gasteiger partial charge in [-0.3, -0.25) is 14.4 Å². The van der Waals surface area contributed by atoms with Crippen molar-refractivity contribution in [1.82, 2.24) is 10.6 Å². The monoisotopic (exact) mass is 539 g/mol. The molecule has 0 radical (unpaired) electrons. The summed E-state index contributed by atoms with van der Waals surface area (Å²) in [5, 5.41) is 24.5. The van der Waals surface area contributed by atoms with E-state index in [0.29, 0.717) is 23.4 Å². The number of aryl methyl sites for hydroxylation is 1. The smallest absolute Gasteiger partial charge is 0.416 e. The first-order chi connectivity index (χ1) is 17.8. The zero-order valence-corrected chi connectivity index (χ0v) is 19.9. The molecule has 1 aliphatic rings. The Bertz CT molecular complexity index is 1290. The fourth-order valence-electron chi connectivity index (χ4n) is 3.70. The minimum atomic E-state index is -4.81. The van der Waals surface area contributed by atoms with Gasteiger partial charge in [0, 0.05) is 12.0 Å². The number of carbonyl (C=O) groups excluding carboxylic acids is 2. The summed E-state index contributed by atoms with van der Waals surface area (Å²) in [6, 6.07) is 2.68. The molecule has 0 saturated carbocycles. The quantitative estimate of drug-likeness (QED) is 0.203. The maximum Gasteiger partial charge on any atom is 0.416 e. The zero-order valence-electron chi connectivity index (χ0n) is 19.9. The van der Waals surface area contributed by atoms with Crippen molar-refractivity contribution in [3.63, 3.8) is 0 Å². The summed E-state index contributed by atoms with van der Waals surface area (Å²) >= 11 is 0. The number of hydrogen-bond acceptors (Lipinski definition) is 7. The van der Waals surface area contributed by atoms with Gasteiger partial charge in [-0.25, -0.2) is 4.99 Å². The Kier molecular flexibility index (Phi) is 8.18. The van der Waals surface area contributed by atoms with Crippen LogP contribution in [0.25, 0.3) is 0 Å². The summed E-state index contributed by atoms with van der Waals surface area (Å²) in [7, 11) is 0. The summed E-state index contributed by atoms with van der Waals surface area (Å²) in [5.41, 5.74) is 8.95. The lowest BCUT2D eigenvalue weighted by Crippen LogP contribution is -2.39. The second kappa shape index (κ2) is 11.1. The SMILES string of the molecule is Cc1cc2c(c(C(CCC(=O)O)NC(=O)CNC(=O)c3cc(N=C(N)N)cc(C(F)(F)F)c3)c1O)OCO2. The minimum Gasteiger partial charge on any atom is -0.507 e. The minimum absolute atomic E-state index is 0.0955. The van der Waals surface area contributed by atoms with Crippen molar-refractivity contribution in [3.8, 4) is 17.2 Å². The van der Waals surface area contributed by atoms with Gasteiger partial charge in [0.2, 0.25) is 12.7 Å². The average molecular weight is 539 g/mol. The van der Waals surface area contributed by atoms with Gasteiger partial charge in [0.1, 0.15) is 5.75 Å². The van der Waals surface area contributed by atoms with Gasteiger partial charge >= 0.3 is 12.1 Å². The number of phenols is 1. The summed E-state index contributed by atoms with van der Waals surface area (Å²) in [5.74, 6) is -3.37. The van der Waals surface area contributed by atoms with Crippen molar-refractivity contribution in [3.05, 3.63) is 46.5 Å². The molecule has 12 nitrogen and oxygen atoms in total. The van der Waals surface area contributed by atoms with Crippen LogP contribution >= 0.6 is 0 Å². The predicted molar refractivity (Wildman–Crippen MR) is 126 cm³/mol. The number of carboxylic acids is 1. The van der Waals surface area contributed by atoms with Crippen LogP contribution in [0.2, 0.25) is 0 Å². The van der Waals surface area contributed by atoms with Gasteiger partial charge in [0.15, 0.2) is 17.5 Å². The van der Waals surface area contributed by atoms with Crippen molar-refractivity contribution >= 4 is 29.4 Å². The standard InChI is InChI=1S/C23H24F3N5O7/c1-10-4-15-20(38-9-37-15)18(19(10)35)14(2-3-17(33)34)31-16(32)8-29-21(36)11-5-12(23(24,25)26)7-13(6-11)30-22(27)28/h4-7,14,35H,2-3,8-9H2,1H3,(H,29,36)(H,31,32)(H,33,34)(H4,27,28,30). The number of rotatable bonds is 9. The largest absolute Gasteiger partial charge is 0.507 e. The van der Waals surface area contributed by atoms with Crippen molar-refractivity contribution in [2.24, 2.45) is 16.5 Å². The van der Waals surface area contributed by atoms with Crippen LogP contribution in [-0.2, 0) is 15.8 Å². The van der Waals surface area contributed by atoms with Gasteiger partial charge in [-0.05, 0) is 43.2 Å². The van der Waals surface area contributed by atoms with Crippen molar-refractivity contribution in [1.29, 1.82) is 0 Å². The van der Waals surface area contributed by atoms with E-state index in [4.69, 9.17) is 26.0 Å². The number of hydrogen-bond donors (Lipinski definition) is 6. The lowest BCUT2D eigenvalue weighted by molar-refractivity contribution is -0.138. The van der Waals surface area contributed by atoms with E-state index in [1.54, 1.807) is 6.92 Å². The lowest BCUT2D eigenvalue weighted by atomic mass is 9.96. The van der Waals surface area contributed by atoms with Crippen LogP contribution in [0.5, 0.6) is 17.2 Å². The topological polar surface area (TPSA) is 199 Å². The molecule has 0 saturated heterocycles. The number of guanidine groups is 1. The van der Waals surface area contributed by atoms with E-state index in [9.17, 15) is 32.7 Å². The highest BCUT2D eigenvalue weighted by Crippen LogP contribution is 2.46. The first kappa shape index (κ1) is 27.9. The van der Waals surface area contributed by atoms with Gasteiger partial charge in [0.25, 0.3) is 5.91 Å². The number of amides is 2. The Morgan fingerprint density at radius 1 is 1.16 bits per heavy atom. The molecule has 0 fully saturated rings. The van der Waals surface area contributed by atoms with Crippen molar-refractivity contribution in [2.45, 2.75) is 32.0 Å². The van der Waals surface area contributed by atoms with Gasteiger partial charge in [0.05, 0.1) is 29.4 Å². The first-order valence-electron chi connectivity index (χ1n) is 11.0. The number of carbonyl (C=O) groups is 3. The normalized spacial score (nSPS) is 12.9. The molecule has 3 rings (SSSR count). The summed E-state index contributed by atoms with van der Waals surface area (Å²) in [6.45, 7) is 0.727. The maximum absolute atomic E-state index is 13.3. The number of aliphatic carboxylic acids is 1. The van der Waals surface area contributed by atoms with Crippen LogP contribution in [0.3, 0.4) is 0 Å². The molecule has 0 aromatic heterocycles. The number of ether oxygens (including phenoxy) is 2. The number of carboxylic acid groups (broad SMARTS) is 1. The molecule has 204 valence electrons. The lowest BCUT2D eigenvalue weighted by Gasteiger charge is -2.22. The highest BCUT2D eigenvalue weighted by molar-refractivity contribution is 5.97. The van der Waals surface area contributed by atoms with Crippen molar-refractivity contribution < 1.29 is 47.2 Å². The van der Waals surface area contributed by atoms with Gasteiger partial charge in [-0.1, -0.05) is 0 Å². The molecule has 8 N–H and O–H groups in total. The maximum atomic E-state index is 13.3. The van der Waals surface area contributed by atoms with E-state index in [1.165, 1.54) is 6.07 Å². The Labute approximate surface area is 213 Å². The molecule has 38 heavy (non-hydrogen) atoms. The fraction of sp³-hybridized carbons (Fsp3) is 0.304. The number of fused-ring (bicyclic) bond motifs is 1. The highest BCUT2D eigenvalue weighted by atomic mass is 19.4. The number of benzene rings is 2. The Hall–Kier alpha value is -4.69. The van der Waals surface area contributed by atoms with Gasteiger partial charge < -0.3 is 41.8 Å². The van der Waals surface area contributed by atoms with Crippen LogP contribution in [0, 0.1) is 6.92 Å². The van der Waals surface area contributed by atoms with E-state index in [1.807, 2.05) is 0 Å². The number of phenolic OH excluding ortho intramolecular Hbond substituents is 1. The molecule has 2 amide bonds. The number of nitrogens with one attached hydrogen (secondary N) is 2. The van der Waals surface area contributed by atoms with Crippen LogP contribution in [0.4, 0.5) is 18.9 Å². The van der Waals surface area contributed by atoms with Crippen molar-refractivity contribution in [2.75, 3.05) is 13.3 Å². The summed E-state index contributed by atoms with van der Waals surface area (Å²) in [4.78, 5) is 40.0. The third-order valence-electron chi connectivity index (χ3n) is 5.37. The molecule has 15 heteroatoms. The second-order valence-electron chi connectivity index (χ2n) is 8.23. The van der Waals surface area contributed by atoms with Crippen LogP contribution < -0.4 is 31.6 Å². The Balaban J connectivity index is 1.80. The first-order valence-corrected chi connectivity index (χ1v) is 11.0. The molecule has 1 aliphatic heterocycles. The molecular formula is C23H24F3N5O7. The van der Waals surface area contributed by atoms with E-state index in [-0.39, 0.29) is 36.0 Å². The molecule has 1 heterocycles. The van der Waals surface area contributed by atoms with Gasteiger partial charge in [-0.15, -0.1) is 0 Å². The highest BCUT2D eigenvalue weighted by Gasteiger charge is 2.32. The molecule has 2 aromatic carbocycles. The Morgan fingerprint density at radius 2 is 1.87 bits per heavy atom. The number of aromatic hydroxyl groups is 1. The Morgan fingerprint density at radius 3 is 2.50 bits per heavy atom. The number of nitrogens with zero attached hydrogens (tertiary/aromatic N) is 1.